The van der Waals surface area contributed by atoms with Crippen molar-refractivity contribution in [1.29, 1.82) is 0 Å². The van der Waals surface area contributed by atoms with Crippen molar-refractivity contribution in [1.82, 2.24) is 15.3 Å². The molecule has 1 atom stereocenters. The van der Waals surface area contributed by atoms with Gasteiger partial charge in [0, 0.05) is 30.4 Å². The predicted octanol–water partition coefficient (Wildman–Crippen LogP) is 1.37. The molecule has 4 heteroatoms. The first-order valence-electron chi connectivity index (χ1n) is 5.45. The van der Waals surface area contributed by atoms with Crippen LogP contribution in [0, 0.1) is 0 Å². The minimum Gasteiger partial charge on any atom is -0.368 e. The quantitative estimate of drug-likeness (QED) is 0.734. The Balaban J connectivity index is 2.12. The normalized spacial score (nSPS) is 23.0. The highest BCUT2D eigenvalue weighted by molar-refractivity contribution is 5.12. The van der Waals surface area contributed by atoms with Gasteiger partial charge in [0.2, 0.25) is 0 Å². The van der Waals surface area contributed by atoms with Gasteiger partial charge in [0.1, 0.15) is 11.9 Å². The molecular formula is C11H19N3O. The van der Waals surface area contributed by atoms with Crippen molar-refractivity contribution >= 4 is 0 Å². The molecule has 1 saturated heterocycles. The molecular weight excluding hydrogens is 190 g/mol. The van der Waals surface area contributed by atoms with Crippen molar-refractivity contribution in [2.45, 2.75) is 32.3 Å². The Hall–Kier alpha value is -0.870. The molecule has 0 aromatic carbocycles. The Kier molecular flexibility index (Phi) is 2.80. The van der Waals surface area contributed by atoms with Crippen LogP contribution in [-0.2, 0) is 10.2 Å². The van der Waals surface area contributed by atoms with Crippen LogP contribution in [0.3, 0.4) is 0 Å². The van der Waals surface area contributed by atoms with E-state index in [1.54, 1.807) is 0 Å². The molecule has 1 aliphatic rings. The maximum atomic E-state index is 5.63. The van der Waals surface area contributed by atoms with Gasteiger partial charge in [-0.15, -0.1) is 0 Å². The number of aromatic nitrogens is 2. The Morgan fingerprint density at radius 3 is 2.80 bits per heavy atom. The molecule has 2 heterocycles. The lowest BCUT2D eigenvalue weighted by Gasteiger charge is -2.22. The van der Waals surface area contributed by atoms with Gasteiger partial charge in [-0.05, 0) is 0 Å². The average Bonchev–Trinajstić information content (AvgIpc) is 2.67. The Morgan fingerprint density at radius 1 is 1.47 bits per heavy atom. The molecule has 84 valence electrons. The Morgan fingerprint density at radius 2 is 2.27 bits per heavy atom. The van der Waals surface area contributed by atoms with Crippen LogP contribution in [0.1, 0.15) is 38.4 Å². The predicted molar refractivity (Wildman–Crippen MR) is 58.9 cm³/mol. The monoisotopic (exact) mass is 209 g/mol. The molecule has 2 rings (SSSR count). The van der Waals surface area contributed by atoms with E-state index in [2.05, 4.69) is 36.1 Å². The number of ether oxygens (including phenoxy) is 1. The minimum absolute atomic E-state index is 0.0786. The summed E-state index contributed by atoms with van der Waals surface area (Å²) in [5, 5.41) is 3.30. The van der Waals surface area contributed by atoms with E-state index in [0.29, 0.717) is 0 Å². The summed E-state index contributed by atoms with van der Waals surface area (Å²) in [6.45, 7) is 9.05. The lowest BCUT2D eigenvalue weighted by molar-refractivity contribution is 0.0225. The number of hydrogen-bond donors (Lipinski definition) is 2. The highest BCUT2D eigenvalue weighted by Gasteiger charge is 2.22. The van der Waals surface area contributed by atoms with E-state index >= 15 is 0 Å². The van der Waals surface area contributed by atoms with Gasteiger partial charge in [-0.1, -0.05) is 20.8 Å². The third-order valence-corrected chi connectivity index (χ3v) is 2.64. The van der Waals surface area contributed by atoms with Crippen molar-refractivity contribution in [2.24, 2.45) is 0 Å². The fraction of sp³-hybridized carbons (Fsp3) is 0.727. The highest BCUT2D eigenvalue weighted by atomic mass is 16.5. The molecule has 0 saturated carbocycles. The number of hydrogen-bond acceptors (Lipinski definition) is 3. The number of nitrogens with one attached hydrogen (secondary N) is 2. The van der Waals surface area contributed by atoms with Gasteiger partial charge in [0.15, 0.2) is 0 Å². The molecule has 2 N–H and O–H groups in total. The standard InChI is InChI=1S/C11H19N3O/c1-11(2,3)9-7-13-10(14-9)8-6-12-4-5-15-8/h7-8,12H,4-6H2,1-3H3,(H,13,14)/t8-/m1/s1. The summed E-state index contributed by atoms with van der Waals surface area (Å²) < 4.78 is 5.63. The van der Waals surface area contributed by atoms with Gasteiger partial charge in [0.25, 0.3) is 0 Å². The van der Waals surface area contributed by atoms with E-state index in [0.717, 1.165) is 31.2 Å². The molecule has 0 radical (unpaired) electrons. The number of imidazole rings is 1. The second-order valence-electron chi connectivity index (χ2n) is 5.00. The fourth-order valence-electron chi connectivity index (χ4n) is 1.62. The summed E-state index contributed by atoms with van der Waals surface area (Å²) in [6.07, 6.45) is 1.99. The van der Waals surface area contributed by atoms with Crippen LogP contribution in [0.25, 0.3) is 0 Å². The van der Waals surface area contributed by atoms with Crippen molar-refractivity contribution in [3.8, 4) is 0 Å². The van der Waals surface area contributed by atoms with E-state index in [9.17, 15) is 0 Å². The first-order valence-corrected chi connectivity index (χ1v) is 5.45. The van der Waals surface area contributed by atoms with Crippen molar-refractivity contribution in [3.63, 3.8) is 0 Å². The average molecular weight is 209 g/mol. The van der Waals surface area contributed by atoms with Crippen LogP contribution in [0.5, 0.6) is 0 Å². The van der Waals surface area contributed by atoms with Crippen LogP contribution in [-0.4, -0.2) is 29.7 Å². The zero-order chi connectivity index (χ0) is 10.9. The molecule has 0 amide bonds. The largest absolute Gasteiger partial charge is 0.368 e. The molecule has 4 nitrogen and oxygen atoms in total. The molecule has 0 aliphatic carbocycles. The van der Waals surface area contributed by atoms with Gasteiger partial charge < -0.3 is 15.0 Å². The topological polar surface area (TPSA) is 49.9 Å². The summed E-state index contributed by atoms with van der Waals surface area (Å²) in [6, 6.07) is 0. The molecule has 0 bridgehead atoms. The lowest BCUT2D eigenvalue weighted by Crippen LogP contribution is -2.33. The van der Waals surface area contributed by atoms with Crippen LogP contribution in [0.2, 0.25) is 0 Å². The minimum atomic E-state index is 0.0786. The van der Waals surface area contributed by atoms with Crippen LogP contribution >= 0.6 is 0 Å². The zero-order valence-electron chi connectivity index (χ0n) is 9.63. The number of aromatic amines is 1. The van der Waals surface area contributed by atoms with Gasteiger partial charge in [-0.2, -0.15) is 0 Å². The maximum absolute atomic E-state index is 5.63. The van der Waals surface area contributed by atoms with Gasteiger partial charge in [0.05, 0.1) is 6.61 Å². The summed E-state index contributed by atoms with van der Waals surface area (Å²) in [4.78, 5) is 7.73. The smallest absolute Gasteiger partial charge is 0.136 e. The summed E-state index contributed by atoms with van der Waals surface area (Å²) >= 11 is 0. The maximum Gasteiger partial charge on any atom is 0.136 e. The van der Waals surface area contributed by atoms with Gasteiger partial charge in [-0.3, -0.25) is 0 Å². The van der Waals surface area contributed by atoms with E-state index in [1.165, 1.54) is 0 Å². The van der Waals surface area contributed by atoms with Gasteiger partial charge in [-0.25, -0.2) is 4.98 Å². The Bertz CT molecular complexity index is 321. The second-order valence-corrected chi connectivity index (χ2v) is 5.00. The van der Waals surface area contributed by atoms with Crippen molar-refractivity contribution in [3.05, 3.63) is 17.7 Å². The van der Waals surface area contributed by atoms with Crippen molar-refractivity contribution < 1.29 is 4.74 Å². The highest BCUT2D eigenvalue weighted by Crippen LogP contribution is 2.23. The van der Waals surface area contributed by atoms with E-state index in [1.807, 2.05) is 6.20 Å². The van der Waals surface area contributed by atoms with Crippen LogP contribution in [0.4, 0.5) is 0 Å². The number of H-pyrrole nitrogens is 1. The molecule has 15 heavy (non-hydrogen) atoms. The van der Waals surface area contributed by atoms with E-state index in [4.69, 9.17) is 4.74 Å². The van der Waals surface area contributed by atoms with Gasteiger partial charge >= 0.3 is 0 Å². The summed E-state index contributed by atoms with van der Waals surface area (Å²) in [7, 11) is 0. The van der Waals surface area contributed by atoms with Crippen molar-refractivity contribution in [2.75, 3.05) is 19.7 Å². The Labute approximate surface area is 90.4 Å². The van der Waals surface area contributed by atoms with E-state index in [-0.39, 0.29) is 11.5 Å². The van der Waals surface area contributed by atoms with E-state index < -0.39 is 0 Å². The SMILES string of the molecule is CC(C)(C)c1cnc([C@H]2CNCCO2)[nH]1. The molecule has 0 unspecified atom stereocenters. The molecule has 1 aliphatic heterocycles. The number of nitrogens with zero attached hydrogens (tertiary/aromatic N) is 1. The molecule has 0 spiro atoms. The zero-order valence-corrected chi connectivity index (χ0v) is 9.63. The second kappa shape index (κ2) is 3.94. The number of rotatable bonds is 1. The molecule has 1 aromatic rings. The lowest BCUT2D eigenvalue weighted by atomic mass is 9.93. The third-order valence-electron chi connectivity index (χ3n) is 2.64. The third kappa shape index (κ3) is 2.38. The first kappa shape index (κ1) is 10.6. The van der Waals surface area contributed by atoms with Crippen LogP contribution in [0.15, 0.2) is 6.20 Å². The molecule has 1 fully saturated rings. The fourth-order valence-corrected chi connectivity index (χ4v) is 1.62. The summed E-state index contributed by atoms with van der Waals surface area (Å²) in [5.74, 6) is 0.937. The summed E-state index contributed by atoms with van der Waals surface area (Å²) in [5.41, 5.74) is 1.28. The van der Waals surface area contributed by atoms with Crippen LogP contribution < -0.4 is 5.32 Å². The number of morpholine rings is 1. The molecule has 1 aromatic heterocycles. The first-order chi connectivity index (χ1) is 7.07.